The van der Waals surface area contributed by atoms with Gasteiger partial charge >= 0.3 is 0 Å². The Kier molecular flexibility index (Phi) is 6.92. The van der Waals surface area contributed by atoms with Gasteiger partial charge in [-0.1, -0.05) is 26.0 Å². The molecule has 1 fully saturated rings. The summed E-state index contributed by atoms with van der Waals surface area (Å²) in [6.07, 6.45) is 0.523. The summed E-state index contributed by atoms with van der Waals surface area (Å²) in [7, 11) is 0. The molecule has 1 atom stereocenters. The molecule has 0 aromatic heterocycles. The second kappa shape index (κ2) is 8.93. The van der Waals surface area contributed by atoms with Crippen LogP contribution in [0.1, 0.15) is 25.8 Å². The van der Waals surface area contributed by atoms with Crippen LogP contribution in [0.25, 0.3) is 0 Å². The Balaban J connectivity index is 1.74. The maximum Gasteiger partial charge on any atom is 0.226 e. The van der Waals surface area contributed by atoms with E-state index in [0.717, 1.165) is 29.3 Å². The fourth-order valence-electron chi connectivity index (χ4n) is 2.24. The predicted molar refractivity (Wildman–Crippen MR) is 95.5 cm³/mol. The van der Waals surface area contributed by atoms with Crippen LogP contribution < -0.4 is 16.0 Å². The number of thioether (sulfide) groups is 1. The zero-order chi connectivity index (χ0) is 16.7. The van der Waals surface area contributed by atoms with Crippen molar-refractivity contribution in [2.24, 2.45) is 5.92 Å². The Morgan fingerprint density at radius 3 is 2.65 bits per heavy atom. The zero-order valence-electron chi connectivity index (χ0n) is 13.7. The molecule has 2 amide bonds. The van der Waals surface area contributed by atoms with Crippen LogP contribution in [0.3, 0.4) is 0 Å². The Labute approximate surface area is 142 Å². The van der Waals surface area contributed by atoms with Crippen LogP contribution in [-0.4, -0.2) is 35.9 Å². The van der Waals surface area contributed by atoms with Gasteiger partial charge in [-0.2, -0.15) is 11.8 Å². The SMILES string of the molecule is CC(C)C(=O)Nc1ccc(CNC(=O)CC2CSCCN2)cc1. The third-order valence-electron chi connectivity index (χ3n) is 3.67. The number of amides is 2. The van der Waals surface area contributed by atoms with Gasteiger partial charge in [0.25, 0.3) is 0 Å². The van der Waals surface area contributed by atoms with E-state index in [1.165, 1.54) is 0 Å². The first-order chi connectivity index (χ1) is 11.0. The van der Waals surface area contributed by atoms with Crippen molar-refractivity contribution in [3.05, 3.63) is 29.8 Å². The van der Waals surface area contributed by atoms with E-state index in [-0.39, 0.29) is 23.8 Å². The molecule has 0 radical (unpaired) electrons. The predicted octanol–water partition coefficient (Wildman–Crippen LogP) is 1.99. The third kappa shape index (κ3) is 6.23. The maximum absolute atomic E-state index is 12.0. The Hall–Kier alpha value is -1.53. The van der Waals surface area contributed by atoms with Gasteiger partial charge < -0.3 is 16.0 Å². The molecule has 2 rings (SSSR count). The first kappa shape index (κ1) is 17.8. The minimum absolute atomic E-state index is 0.00362. The van der Waals surface area contributed by atoms with Crippen molar-refractivity contribution < 1.29 is 9.59 Å². The van der Waals surface area contributed by atoms with Crippen LogP contribution in [0.15, 0.2) is 24.3 Å². The molecule has 1 aromatic rings. The molecule has 1 unspecified atom stereocenters. The molecule has 0 saturated carbocycles. The number of nitrogens with one attached hydrogen (secondary N) is 3. The summed E-state index contributed by atoms with van der Waals surface area (Å²) in [6.45, 7) is 5.21. The Bertz CT molecular complexity index is 525. The lowest BCUT2D eigenvalue weighted by molar-refractivity contribution is -0.121. The highest BCUT2D eigenvalue weighted by molar-refractivity contribution is 7.99. The topological polar surface area (TPSA) is 70.2 Å². The second-order valence-corrected chi connectivity index (χ2v) is 7.20. The summed E-state index contributed by atoms with van der Waals surface area (Å²) < 4.78 is 0. The highest BCUT2D eigenvalue weighted by Crippen LogP contribution is 2.12. The van der Waals surface area contributed by atoms with E-state index >= 15 is 0 Å². The van der Waals surface area contributed by atoms with E-state index in [1.54, 1.807) is 0 Å². The fourth-order valence-corrected chi connectivity index (χ4v) is 3.19. The summed E-state index contributed by atoms with van der Waals surface area (Å²) >= 11 is 1.89. The molecule has 23 heavy (non-hydrogen) atoms. The number of benzene rings is 1. The highest BCUT2D eigenvalue weighted by Gasteiger charge is 2.16. The van der Waals surface area contributed by atoms with Crippen LogP contribution in [0.2, 0.25) is 0 Å². The third-order valence-corrected chi connectivity index (χ3v) is 4.80. The first-order valence-electron chi connectivity index (χ1n) is 8.02. The molecule has 1 aliphatic rings. The molecule has 126 valence electrons. The number of hydrogen-bond donors (Lipinski definition) is 3. The summed E-state index contributed by atoms with van der Waals surface area (Å²) in [5.74, 6) is 2.15. The molecule has 5 nitrogen and oxygen atoms in total. The number of carbonyl (C=O) groups is 2. The van der Waals surface area contributed by atoms with Crippen molar-refractivity contribution in [3.8, 4) is 0 Å². The van der Waals surface area contributed by atoms with Crippen LogP contribution in [-0.2, 0) is 16.1 Å². The molecule has 1 saturated heterocycles. The Morgan fingerprint density at radius 2 is 2.04 bits per heavy atom. The van der Waals surface area contributed by atoms with Crippen molar-refractivity contribution in [2.45, 2.75) is 32.9 Å². The minimum Gasteiger partial charge on any atom is -0.352 e. The van der Waals surface area contributed by atoms with Crippen molar-refractivity contribution in [1.29, 1.82) is 0 Å². The molecule has 6 heteroatoms. The molecule has 1 aliphatic heterocycles. The van der Waals surface area contributed by atoms with Gasteiger partial charge in [0, 0.05) is 48.7 Å². The lowest BCUT2D eigenvalue weighted by Crippen LogP contribution is -2.41. The van der Waals surface area contributed by atoms with Gasteiger partial charge in [0.05, 0.1) is 0 Å². The fraction of sp³-hybridized carbons (Fsp3) is 0.529. The summed E-state index contributed by atoms with van der Waals surface area (Å²) in [6, 6.07) is 7.85. The van der Waals surface area contributed by atoms with Crippen LogP contribution >= 0.6 is 11.8 Å². The molecule has 0 bridgehead atoms. The molecule has 3 N–H and O–H groups in total. The zero-order valence-corrected chi connectivity index (χ0v) is 14.5. The van der Waals surface area contributed by atoms with Gasteiger partial charge in [-0.3, -0.25) is 9.59 Å². The van der Waals surface area contributed by atoms with Gasteiger partial charge in [0.2, 0.25) is 11.8 Å². The van der Waals surface area contributed by atoms with Gasteiger partial charge in [-0.25, -0.2) is 0 Å². The minimum atomic E-state index is -0.0412. The van der Waals surface area contributed by atoms with Gasteiger partial charge in [0.1, 0.15) is 0 Å². The number of anilines is 1. The van der Waals surface area contributed by atoms with Gasteiger partial charge in [-0.15, -0.1) is 0 Å². The Morgan fingerprint density at radius 1 is 1.30 bits per heavy atom. The summed E-state index contributed by atoms with van der Waals surface area (Å²) in [5.41, 5.74) is 1.80. The summed E-state index contributed by atoms with van der Waals surface area (Å²) in [4.78, 5) is 23.6. The summed E-state index contributed by atoms with van der Waals surface area (Å²) in [5, 5.41) is 9.16. The first-order valence-corrected chi connectivity index (χ1v) is 9.17. The molecule has 1 heterocycles. The number of hydrogen-bond acceptors (Lipinski definition) is 4. The van der Waals surface area contributed by atoms with E-state index < -0.39 is 0 Å². The van der Waals surface area contributed by atoms with E-state index in [2.05, 4.69) is 16.0 Å². The highest BCUT2D eigenvalue weighted by atomic mass is 32.2. The lowest BCUT2D eigenvalue weighted by atomic mass is 10.1. The number of carbonyl (C=O) groups excluding carboxylic acids is 2. The monoisotopic (exact) mass is 335 g/mol. The van der Waals surface area contributed by atoms with Gasteiger partial charge in [-0.05, 0) is 17.7 Å². The molecular weight excluding hydrogens is 310 g/mol. The average Bonchev–Trinajstić information content (AvgIpc) is 2.55. The molecule has 1 aromatic carbocycles. The normalized spacial score (nSPS) is 17.8. The van der Waals surface area contributed by atoms with Crippen molar-refractivity contribution in [3.63, 3.8) is 0 Å². The van der Waals surface area contributed by atoms with Crippen LogP contribution in [0.4, 0.5) is 5.69 Å². The maximum atomic E-state index is 12.0. The van der Waals surface area contributed by atoms with E-state index in [1.807, 2.05) is 49.9 Å². The second-order valence-electron chi connectivity index (χ2n) is 6.05. The van der Waals surface area contributed by atoms with E-state index in [0.29, 0.717) is 13.0 Å². The smallest absolute Gasteiger partial charge is 0.226 e. The van der Waals surface area contributed by atoms with Gasteiger partial charge in [0.15, 0.2) is 0 Å². The van der Waals surface area contributed by atoms with Crippen molar-refractivity contribution >= 4 is 29.3 Å². The van der Waals surface area contributed by atoms with Crippen LogP contribution in [0, 0.1) is 5.92 Å². The lowest BCUT2D eigenvalue weighted by Gasteiger charge is -2.22. The largest absolute Gasteiger partial charge is 0.352 e. The standard InChI is InChI=1S/C17H25N3O2S/c1-12(2)17(22)20-14-5-3-13(4-6-14)10-19-16(21)9-15-11-23-8-7-18-15/h3-6,12,15,18H,7-11H2,1-2H3,(H,19,21)(H,20,22). The average molecular weight is 335 g/mol. The van der Waals surface area contributed by atoms with Crippen LogP contribution in [0.5, 0.6) is 0 Å². The van der Waals surface area contributed by atoms with Crippen molar-refractivity contribution in [2.75, 3.05) is 23.4 Å². The quantitative estimate of drug-likeness (QED) is 0.744. The molecular formula is C17H25N3O2S. The van der Waals surface area contributed by atoms with E-state index in [9.17, 15) is 9.59 Å². The molecule has 0 aliphatic carbocycles. The number of rotatable bonds is 6. The van der Waals surface area contributed by atoms with E-state index in [4.69, 9.17) is 0 Å². The molecule has 0 spiro atoms. The van der Waals surface area contributed by atoms with Crippen molar-refractivity contribution in [1.82, 2.24) is 10.6 Å².